The molecule has 5 nitrogen and oxygen atoms in total. The van der Waals surface area contributed by atoms with E-state index < -0.39 is 0 Å². The molecule has 2 heterocycles. The number of nitrogens with zero attached hydrogens (tertiary/aromatic N) is 2. The topological polar surface area (TPSA) is 58.8 Å². The van der Waals surface area contributed by atoms with E-state index in [1.165, 1.54) is 5.56 Å². The van der Waals surface area contributed by atoms with Crippen molar-refractivity contribution in [2.75, 3.05) is 43.5 Å². The van der Waals surface area contributed by atoms with Crippen molar-refractivity contribution in [3.63, 3.8) is 0 Å². The van der Waals surface area contributed by atoms with Crippen LogP contribution in [-0.2, 0) is 16.0 Å². The Morgan fingerprint density at radius 2 is 2.05 bits per heavy atom. The Morgan fingerprint density at radius 3 is 2.80 bits per heavy atom. The monoisotopic (exact) mass is 275 g/mol. The minimum absolute atomic E-state index is 0.168. The molecule has 0 spiro atoms. The molecule has 1 saturated heterocycles. The Hall–Kier alpha value is -1.75. The lowest BCUT2D eigenvalue weighted by Gasteiger charge is -2.34. The van der Waals surface area contributed by atoms with Crippen LogP contribution in [-0.4, -0.2) is 49.7 Å². The molecule has 2 aliphatic rings. The van der Waals surface area contributed by atoms with E-state index in [0.717, 1.165) is 24.3 Å². The summed E-state index contributed by atoms with van der Waals surface area (Å²) in [6.45, 7) is 5.48. The molecule has 1 atom stereocenters. The van der Waals surface area contributed by atoms with Gasteiger partial charge in [0.05, 0.1) is 24.6 Å². The van der Waals surface area contributed by atoms with E-state index in [1.54, 1.807) is 0 Å². The van der Waals surface area contributed by atoms with Crippen molar-refractivity contribution in [2.45, 2.75) is 19.4 Å². The van der Waals surface area contributed by atoms with Gasteiger partial charge < -0.3 is 20.3 Å². The average molecular weight is 275 g/mol. The molecule has 20 heavy (non-hydrogen) atoms. The van der Waals surface area contributed by atoms with Gasteiger partial charge in [0.15, 0.2) is 0 Å². The van der Waals surface area contributed by atoms with Crippen LogP contribution in [0.1, 0.15) is 12.5 Å². The Labute approximate surface area is 119 Å². The fourth-order valence-electron chi connectivity index (χ4n) is 3.08. The summed E-state index contributed by atoms with van der Waals surface area (Å²) in [7, 11) is 0. The molecule has 1 unspecified atom stereocenters. The van der Waals surface area contributed by atoms with Crippen LogP contribution in [0.25, 0.3) is 0 Å². The summed E-state index contributed by atoms with van der Waals surface area (Å²) >= 11 is 0. The maximum Gasteiger partial charge on any atom is 0.245 e. The number of rotatable bonds is 2. The average Bonchev–Trinajstić information content (AvgIpc) is 2.92. The molecule has 5 heteroatoms. The summed E-state index contributed by atoms with van der Waals surface area (Å²) in [6.07, 6.45) is 0.959. The van der Waals surface area contributed by atoms with Gasteiger partial charge in [-0.15, -0.1) is 0 Å². The van der Waals surface area contributed by atoms with E-state index in [1.807, 2.05) is 24.0 Å². The van der Waals surface area contributed by atoms with Crippen molar-refractivity contribution in [1.82, 2.24) is 4.90 Å². The number of amides is 1. The van der Waals surface area contributed by atoms with Crippen molar-refractivity contribution < 1.29 is 9.53 Å². The molecular formula is C15H21N3O2. The molecular weight excluding hydrogens is 254 g/mol. The molecule has 0 aromatic heterocycles. The highest BCUT2D eigenvalue weighted by molar-refractivity contribution is 5.88. The summed E-state index contributed by atoms with van der Waals surface area (Å²) in [4.78, 5) is 16.6. The molecule has 1 amide bonds. The van der Waals surface area contributed by atoms with Gasteiger partial charge in [0.25, 0.3) is 0 Å². The van der Waals surface area contributed by atoms with Gasteiger partial charge in [-0.3, -0.25) is 4.79 Å². The number of hydrogen-bond donors (Lipinski definition) is 1. The standard InChI is InChI=1S/C15H21N3O2/c1-11(15(19)17-7-9-20-10-8-17)18-6-5-12-3-2-4-13(16)14(12)18/h2-4,11H,5-10,16H2,1H3. The maximum atomic E-state index is 12.6. The van der Waals surface area contributed by atoms with Gasteiger partial charge in [0, 0.05) is 19.6 Å². The minimum Gasteiger partial charge on any atom is -0.397 e. The van der Waals surface area contributed by atoms with Gasteiger partial charge in [0.1, 0.15) is 6.04 Å². The normalized spacial score (nSPS) is 19.9. The molecule has 1 aromatic carbocycles. The maximum absolute atomic E-state index is 12.6. The van der Waals surface area contributed by atoms with Gasteiger partial charge in [-0.2, -0.15) is 0 Å². The number of carbonyl (C=O) groups excluding carboxylic acids is 1. The highest BCUT2D eigenvalue weighted by atomic mass is 16.5. The van der Waals surface area contributed by atoms with E-state index in [9.17, 15) is 4.79 Å². The largest absolute Gasteiger partial charge is 0.397 e. The first kappa shape index (κ1) is 13.2. The van der Waals surface area contributed by atoms with Crippen LogP contribution in [0, 0.1) is 0 Å². The van der Waals surface area contributed by atoms with Crippen LogP contribution in [0.5, 0.6) is 0 Å². The van der Waals surface area contributed by atoms with Crippen LogP contribution < -0.4 is 10.6 Å². The third-order valence-corrected chi connectivity index (χ3v) is 4.21. The van der Waals surface area contributed by atoms with E-state index in [4.69, 9.17) is 10.5 Å². The second-order valence-electron chi connectivity index (χ2n) is 5.41. The number of nitrogens with two attached hydrogens (primary N) is 1. The molecule has 108 valence electrons. The number of hydrogen-bond acceptors (Lipinski definition) is 4. The number of ether oxygens (including phenoxy) is 1. The second kappa shape index (κ2) is 5.32. The molecule has 0 aliphatic carbocycles. The lowest BCUT2D eigenvalue weighted by atomic mass is 10.1. The number of nitrogen functional groups attached to an aromatic ring is 1. The predicted octanol–water partition coefficient (Wildman–Crippen LogP) is 0.879. The summed E-state index contributed by atoms with van der Waals surface area (Å²) in [5.41, 5.74) is 9.14. The fourth-order valence-corrected chi connectivity index (χ4v) is 3.08. The van der Waals surface area contributed by atoms with Crippen LogP contribution in [0.2, 0.25) is 0 Å². The third-order valence-electron chi connectivity index (χ3n) is 4.21. The molecule has 0 bridgehead atoms. The van der Waals surface area contributed by atoms with Gasteiger partial charge >= 0.3 is 0 Å². The van der Waals surface area contributed by atoms with Crippen molar-refractivity contribution in [2.24, 2.45) is 0 Å². The van der Waals surface area contributed by atoms with Crippen LogP contribution >= 0.6 is 0 Å². The molecule has 0 saturated carbocycles. The predicted molar refractivity (Wildman–Crippen MR) is 78.8 cm³/mol. The van der Waals surface area contributed by atoms with Crippen molar-refractivity contribution in [3.8, 4) is 0 Å². The summed E-state index contributed by atoms with van der Waals surface area (Å²) in [5, 5.41) is 0. The van der Waals surface area contributed by atoms with E-state index in [2.05, 4.69) is 11.0 Å². The molecule has 0 radical (unpaired) electrons. The highest BCUT2D eigenvalue weighted by Gasteiger charge is 2.32. The quantitative estimate of drug-likeness (QED) is 0.814. The zero-order chi connectivity index (χ0) is 14.1. The second-order valence-corrected chi connectivity index (χ2v) is 5.41. The molecule has 3 rings (SSSR count). The highest BCUT2D eigenvalue weighted by Crippen LogP contribution is 2.35. The Kier molecular flexibility index (Phi) is 3.53. The summed E-state index contributed by atoms with van der Waals surface area (Å²) < 4.78 is 5.30. The van der Waals surface area contributed by atoms with E-state index in [-0.39, 0.29) is 11.9 Å². The first-order valence-corrected chi connectivity index (χ1v) is 7.19. The van der Waals surface area contributed by atoms with Crippen LogP contribution in [0.3, 0.4) is 0 Å². The Morgan fingerprint density at radius 1 is 1.30 bits per heavy atom. The lowest BCUT2D eigenvalue weighted by molar-refractivity contribution is -0.136. The molecule has 2 aliphatic heterocycles. The minimum atomic E-state index is -0.168. The molecule has 1 fully saturated rings. The smallest absolute Gasteiger partial charge is 0.245 e. The van der Waals surface area contributed by atoms with E-state index >= 15 is 0 Å². The fraction of sp³-hybridized carbons (Fsp3) is 0.533. The van der Waals surface area contributed by atoms with Gasteiger partial charge in [0.2, 0.25) is 5.91 Å². The third kappa shape index (κ3) is 2.22. The van der Waals surface area contributed by atoms with E-state index in [0.29, 0.717) is 26.3 Å². The van der Waals surface area contributed by atoms with Crippen molar-refractivity contribution in [3.05, 3.63) is 23.8 Å². The molecule has 2 N–H and O–H groups in total. The lowest BCUT2D eigenvalue weighted by Crippen LogP contribution is -2.50. The van der Waals surface area contributed by atoms with Gasteiger partial charge in [-0.25, -0.2) is 0 Å². The number of benzene rings is 1. The summed E-state index contributed by atoms with van der Waals surface area (Å²) in [5.74, 6) is 0.171. The number of carbonyl (C=O) groups is 1. The zero-order valence-corrected chi connectivity index (χ0v) is 11.8. The van der Waals surface area contributed by atoms with Crippen LogP contribution in [0.4, 0.5) is 11.4 Å². The number of morpholine rings is 1. The summed E-state index contributed by atoms with van der Waals surface area (Å²) in [6, 6.07) is 5.81. The SMILES string of the molecule is CC(C(=O)N1CCOCC1)N1CCc2cccc(N)c21. The first-order valence-electron chi connectivity index (χ1n) is 7.19. The van der Waals surface area contributed by atoms with Gasteiger partial charge in [-0.05, 0) is 25.0 Å². The Bertz CT molecular complexity index is 512. The van der Waals surface area contributed by atoms with Crippen molar-refractivity contribution in [1.29, 1.82) is 0 Å². The van der Waals surface area contributed by atoms with Crippen LogP contribution in [0.15, 0.2) is 18.2 Å². The Balaban J connectivity index is 1.79. The van der Waals surface area contributed by atoms with Gasteiger partial charge in [-0.1, -0.05) is 12.1 Å². The van der Waals surface area contributed by atoms with Crippen molar-refractivity contribution >= 4 is 17.3 Å². The number of fused-ring (bicyclic) bond motifs is 1. The zero-order valence-electron chi connectivity index (χ0n) is 11.8. The number of para-hydroxylation sites is 1. The number of anilines is 2. The first-order chi connectivity index (χ1) is 9.68. The molecule has 1 aromatic rings.